The fourth-order valence-electron chi connectivity index (χ4n) is 8.33. The average Bonchev–Trinajstić information content (AvgIpc) is 3.06. The molecule has 0 N–H and O–H groups in total. The second-order valence-corrected chi connectivity index (χ2v) is 11.2. The summed E-state index contributed by atoms with van der Waals surface area (Å²) in [7, 11) is 0. The molecule has 3 heteroatoms. The Hall–Kier alpha value is -0.850. The van der Waals surface area contributed by atoms with Gasteiger partial charge in [-0.1, -0.05) is 25.5 Å². The molecule has 2 unspecified atom stereocenters. The second-order valence-electron chi connectivity index (χ2n) is 11.2. The number of allylic oxidation sites excluding steroid dienone is 1. The van der Waals surface area contributed by atoms with E-state index in [1.165, 1.54) is 57.8 Å². The van der Waals surface area contributed by atoms with Crippen molar-refractivity contribution in [2.24, 2.45) is 34.5 Å². The molecule has 1 saturated heterocycles. The number of fused-ring (bicyclic) bond motifs is 5. The molecule has 29 heavy (non-hydrogen) atoms. The Bertz CT molecular complexity index is 689. The SMILES string of the molecule is C[C@]12CC[C@H](OC3CCCCO3)CC1=CC[C@@H]1[C@@H]2CC[C@]2(C)C(CC#N)CC[C@@H]12. The molecule has 0 bridgehead atoms. The normalized spacial score (nSPS) is 49.3. The number of hydrogen-bond acceptors (Lipinski definition) is 3. The molecule has 0 amide bonds. The summed E-state index contributed by atoms with van der Waals surface area (Å²) < 4.78 is 12.2. The van der Waals surface area contributed by atoms with Gasteiger partial charge < -0.3 is 9.47 Å². The molecule has 4 aliphatic carbocycles. The lowest BCUT2D eigenvalue weighted by Crippen LogP contribution is -2.50. The van der Waals surface area contributed by atoms with E-state index in [0.717, 1.165) is 43.6 Å². The summed E-state index contributed by atoms with van der Waals surface area (Å²) in [5.41, 5.74) is 2.49. The minimum Gasteiger partial charge on any atom is -0.353 e. The summed E-state index contributed by atoms with van der Waals surface area (Å²) >= 11 is 0. The lowest BCUT2D eigenvalue weighted by atomic mass is 9.47. The number of nitriles is 1. The molecule has 160 valence electrons. The van der Waals surface area contributed by atoms with Crippen LogP contribution in [0.2, 0.25) is 0 Å². The van der Waals surface area contributed by atoms with Crippen LogP contribution < -0.4 is 0 Å². The molecule has 0 spiro atoms. The molecule has 0 radical (unpaired) electrons. The zero-order valence-corrected chi connectivity index (χ0v) is 18.5. The maximum atomic E-state index is 9.32. The molecular formula is C26H39NO2. The van der Waals surface area contributed by atoms with Crippen molar-refractivity contribution in [1.29, 1.82) is 5.26 Å². The Morgan fingerprint density at radius 3 is 2.79 bits per heavy atom. The molecule has 3 saturated carbocycles. The van der Waals surface area contributed by atoms with Gasteiger partial charge in [-0.25, -0.2) is 0 Å². The first-order valence-electron chi connectivity index (χ1n) is 12.4. The Morgan fingerprint density at radius 1 is 1.10 bits per heavy atom. The average molecular weight is 398 g/mol. The fourth-order valence-corrected chi connectivity index (χ4v) is 8.33. The van der Waals surface area contributed by atoms with Crippen molar-refractivity contribution in [2.75, 3.05) is 6.61 Å². The first-order valence-corrected chi connectivity index (χ1v) is 12.4. The molecule has 5 rings (SSSR count). The van der Waals surface area contributed by atoms with Crippen molar-refractivity contribution in [2.45, 2.75) is 103 Å². The monoisotopic (exact) mass is 397 g/mol. The van der Waals surface area contributed by atoms with Crippen molar-refractivity contribution < 1.29 is 9.47 Å². The van der Waals surface area contributed by atoms with Crippen LogP contribution in [0.1, 0.15) is 90.9 Å². The molecule has 8 atom stereocenters. The van der Waals surface area contributed by atoms with Crippen LogP contribution in [0.25, 0.3) is 0 Å². The van der Waals surface area contributed by atoms with E-state index in [4.69, 9.17) is 9.47 Å². The van der Waals surface area contributed by atoms with E-state index in [0.29, 0.717) is 22.9 Å². The molecule has 5 aliphatic rings. The highest BCUT2D eigenvalue weighted by atomic mass is 16.7. The van der Waals surface area contributed by atoms with Crippen LogP contribution in [-0.4, -0.2) is 19.0 Å². The van der Waals surface area contributed by atoms with Crippen LogP contribution in [0.4, 0.5) is 0 Å². The smallest absolute Gasteiger partial charge is 0.157 e. The first kappa shape index (κ1) is 20.1. The van der Waals surface area contributed by atoms with Crippen molar-refractivity contribution in [1.82, 2.24) is 0 Å². The van der Waals surface area contributed by atoms with Gasteiger partial charge in [0.2, 0.25) is 0 Å². The zero-order chi connectivity index (χ0) is 20.1. The fraction of sp³-hybridized carbons (Fsp3) is 0.885. The third kappa shape index (κ3) is 3.30. The lowest BCUT2D eigenvalue weighted by molar-refractivity contribution is -0.195. The Balaban J connectivity index is 1.31. The van der Waals surface area contributed by atoms with Gasteiger partial charge in [-0.3, -0.25) is 0 Å². The Labute approximate surface area is 177 Å². The van der Waals surface area contributed by atoms with Crippen molar-refractivity contribution in [3.8, 4) is 6.07 Å². The van der Waals surface area contributed by atoms with Gasteiger partial charge in [0.25, 0.3) is 0 Å². The third-order valence-electron chi connectivity index (χ3n) is 10.1. The van der Waals surface area contributed by atoms with Crippen molar-refractivity contribution in [3.05, 3.63) is 11.6 Å². The Morgan fingerprint density at radius 2 is 2.00 bits per heavy atom. The Kier molecular flexibility index (Phi) is 5.32. The molecule has 4 fully saturated rings. The highest BCUT2D eigenvalue weighted by Gasteiger charge is 2.58. The minimum atomic E-state index is 0.0426. The topological polar surface area (TPSA) is 42.2 Å². The van der Waals surface area contributed by atoms with Gasteiger partial charge in [-0.15, -0.1) is 0 Å². The predicted molar refractivity (Wildman–Crippen MR) is 114 cm³/mol. The molecule has 3 nitrogen and oxygen atoms in total. The molecule has 0 aromatic heterocycles. The summed E-state index contributed by atoms with van der Waals surface area (Å²) in [5, 5.41) is 9.32. The summed E-state index contributed by atoms with van der Waals surface area (Å²) in [6.45, 7) is 5.97. The highest BCUT2D eigenvalue weighted by Crippen LogP contribution is 2.66. The van der Waals surface area contributed by atoms with Crippen LogP contribution in [0, 0.1) is 45.8 Å². The number of ether oxygens (including phenoxy) is 2. The molecule has 0 aromatic rings. The quantitative estimate of drug-likeness (QED) is 0.518. The highest BCUT2D eigenvalue weighted by molar-refractivity contribution is 5.25. The van der Waals surface area contributed by atoms with Crippen LogP contribution in [0.15, 0.2) is 11.6 Å². The van der Waals surface area contributed by atoms with Gasteiger partial charge >= 0.3 is 0 Å². The van der Waals surface area contributed by atoms with Gasteiger partial charge in [0.15, 0.2) is 6.29 Å². The first-order chi connectivity index (χ1) is 14.0. The van der Waals surface area contributed by atoms with Crippen LogP contribution in [0.3, 0.4) is 0 Å². The second kappa shape index (κ2) is 7.69. The van der Waals surface area contributed by atoms with E-state index < -0.39 is 0 Å². The third-order valence-corrected chi connectivity index (χ3v) is 10.1. The molecule has 1 heterocycles. The van der Waals surface area contributed by atoms with E-state index in [-0.39, 0.29) is 6.29 Å². The number of hydrogen-bond donors (Lipinski definition) is 0. The van der Waals surface area contributed by atoms with Gasteiger partial charge in [0.05, 0.1) is 12.2 Å². The summed E-state index contributed by atoms with van der Waals surface area (Å²) in [4.78, 5) is 0. The van der Waals surface area contributed by atoms with Gasteiger partial charge in [0.1, 0.15) is 0 Å². The predicted octanol–water partition coefficient (Wildman–Crippen LogP) is 6.39. The van der Waals surface area contributed by atoms with Gasteiger partial charge in [-0.2, -0.15) is 5.26 Å². The molecule has 0 aromatic carbocycles. The standard InChI is InChI=1S/C26H39NO2/c1-25-14-11-23-21(22(25)9-7-18(25)12-15-27)8-6-19-17-20(10-13-26(19,23)2)29-24-5-3-4-16-28-24/h6,18,20-24H,3-5,7-14,16-17H2,1-2H3/t18?,20-,21-,22-,23-,24?,25+,26-/m0/s1. The lowest BCUT2D eigenvalue weighted by Gasteiger charge is -2.58. The molecular weight excluding hydrogens is 358 g/mol. The van der Waals surface area contributed by atoms with E-state index in [1.54, 1.807) is 5.57 Å². The maximum Gasteiger partial charge on any atom is 0.157 e. The summed E-state index contributed by atoms with van der Waals surface area (Å²) in [6, 6.07) is 2.49. The minimum absolute atomic E-state index is 0.0426. The van der Waals surface area contributed by atoms with E-state index in [2.05, 4.69) is 26.0 Å². The maximum absolute atomic E-state index is 9.32. The van der Waals surface area contributed by atoms with Gasteiger partial charge in [-0.05, 0) is 105 Å². The van der Waals surface area contributed by atoms with Crippen LogP contribution >= 0.6 is 0 Å². The van der Waals surface area contributed by atoms with E-state index in [1.807, 2.05) is 0 Å². The largest absolute Gasteiger partial charge is 0.353 e. The number of nitrogens with zero attached hydrogens (tertiary/aromatic N) is 1. The van der Waals surface area contributed by atoms with E-state index in [9.17, 15) is 5.26 Å². The van der Waals surface area contributed by atoms with Crippen molar-refractivity contribution in [3.63, 3.8) is 0 Å². The number of rotatable bonds is 3. The van der Waals surface area contributed by atoms with Crippen molar-refractivity contribution >= 4 is 0 Å². The van der Waals surface area contributed by atoms with Crippen LogP contribution in [-0.2, 0) is 9.47 Å². The summed E-state index contributed by atoms with van der Waals surface area (Å²) in [6.07, 6.45) is 17.5. The molecule has 1 aliphatic heterocycles. The van der Waals surface area contributed by atoms with Gasteiger partial charge in [0, 0.05) is 13.0 Å². The van der Waals surface area contributed by atoms with E-state index >= 15 is 0 Å². The zero-order valence-electron chi connectivity index (χ0n) is 18.5. The summed E-state index contributed by atoms with van der Waals surface area (Å²) in [5.74, 6) is 3.15. The van der Waals surface area contributed by atoms with Crippen LogP contribution in [0.5, 0.6) is 0 Å².